The molecule has 1 heterocycles. The average Bonchev–Trinajstić information content (AvgIpc) is 2.97. The first-order valence-electron chi connectivity index (χ1n) is 14.9. The highest BCUT2D eigenvalue weighted by Crippen LogP contribution is 2.32. The lowest BCUT2D eigenvalue weighted by Gasteiger charge is -2.41. The lowest BCUT2D eigenvalue weighted by atomic mass is 10.0. The highest BCUT2D eigenvalue weighted by atomic mass is 32.2. The number of ether oxygens (including phenoxy) is 2. The van der Waals surface area contributed by atoms with E-state index in [0.717, 1.165) is 29.3 Å². The van der Waals surface area contributed by atoms with E-state index in [-0.39, 0.29) is 30.1 Å². The molecule has 0 radical (unpaired) electrons. The molecule has 1 aliphatic rings. The molecule has 0 saturated carbocycles. The number of sulfonamides is 1. The summed E-state index contributed by atoms with van der Waals surface area (Å²) in [6, 6.07) is 10.4. The Labute approximate surface area is 269 Å². The van der Waals surface area contributed by atoms with Crippen LogP contribution in [0.3, 0.4) is 0 Å². The normalized spacial score (nSPS) is 15.5. The third kappa shape index (κ3) is 7.60. The van der Waals surface area contributed by atoms with Gasteiger partial charge in [0.25, 0.3) is 15.9 Å². The first-order valence-corrected chi connectivity index (χ1v) is 16.4. The Kier molecular flexibility index (Phi) is 10.0. The fraction of sp³-hybridized carbons (Fsp3) is 0.412. The van der Waals surface area contributed by atoms with E-state index in [0.29, 0.717) is 22.6 Å². The molecule has 3 aromatic rings. The zero-order valence-corrected chi connectivity index (χ0v) is 28.3. The van der Waals surface area contributed by atoms with Crippen LogP contribution in [0.1, 0.15) is 54.6 Å². The van der Waals surface area contributed by atoms with Crippen molar-refractivity contribution in [1.82, 2.24) is 9.80 Å². The van der Waals surface area contributed by atoms with E-state index >= 15 is 0 Å². The maximum atomic E-state index is 14.2. The van der Waals surface area contributed by atoms with Crippen LogP contribution < -0.4 is 9.04 Å². The van der Waals surface area contributed by atoms with E-state index in [2.05, 4.69) is 0 Å². The molecule has 0 bridgehead atoms. The third-order valence-electron chi connectivity index (χ3n) is 8.10. The van der Waals surface area contributed by atoms with Gasteiger partial charge in [-0.3, -0.25) is 9.10 Å². The number of halogens is 2. The van der Waals surface area contributed by atoms with Crippen molar-refractivity contribution < 1.29 is 36.3 Å². The van der Waals surface area contributed by atoms with Crippen molar-refractivity contribution in [2.24, 2.45) is 0 Å². The van der Waals surface area contributed by atoms with Gasteiger partial charge in [-0.15, -0.1) is 0 Å². The molecule has 0 aromatic heterocycles. The quantitative estimate of drug-likeness (QED) is 0.299. The van der Waals surface area contributed by atoms with Crippen molar-refractivity contribution in [2.45, 2.75) is 65.0 Å². The van der Waals surface area contributed by atoms with Crippen LogP contribution in [0, 0.1) is 39.3 Å². The van der Waals surface area contributed by atoms with Crippen LogP contribution in [0.25, 0.3) is 0 Å². The van der Waals surface area contributed by atoms with Crippen LogP contribution in [-0.4, -0.2) is 69.1 Å². The molecule has 1 aliphatic heterocycles. The molecule has 0 aliphatic carbocycles. The van der Waals surface area contributed by atoms with Gasteiger partial charge in [-0.05, 0) is 113 Å². The van der Waals surface area contributed by atoms with Gasteiger partial charge >= 0.3 is 6.09 Å². The molecule has 0 N–H and O–H groups in total. The monoisotopic (exact) mass is 657 g/mol. The highest BCUT2D eigenvalue weighted by molar-refractivity contribution is 7.93. The number of rotatable bonds is 7. The number of hydrogen-bond donors (Lipinski definition) is 0. The zero-order valence-electron chi connectivity index (χ0n) is 27.5. The van der Waals surface area contributed by atoms with Crippen molar-refractivity contribution in [3.05, 3.63) is 88.0 Å². The number of hydrogen-bond acceptors (Lipinski definition) is 6. The van der Waals surface area contributed by atoms with E-state index < -0.39 is 51.9 Å². The number of nitrogens with zero attached hydrogens (tertiary/aromatic N) is 3. The summed E-state index contributed by atoms with van der Waals surface area (Å²) in [5.74, 6) is -1.74. The second-order valence-corrected chi connectivity index (χ2v) is 14.5. The fourth-order valence-electron chi connectivity index (χ4n) is 5.45. The Morgan fingerprint density at radius 3 is 2.02 bits per heavy atom. The molecule has 0 spiro atoms. The molecule has 4 rings (SSSR count). The van der Waals surface area contributed by atoms with E-state index in [1.807, 2.05) is 19.9 Å². The van der Waals surface area contributed by atoms with Gasteiger partial charge in [-0.1, -0.05) is 6.07 Å². The maximum absolute atomic E-state index is 14.2. The SMILES string of the molecule is Cc1cc(C)c(C)c(S(=O)(=O)N(C)c2ccc(OCC(=O)N3CCN(C(=O)OC(C)(C)C)CC3c3cc(F)cc(F)c3)cc2)c1C. The molecular formula is C34H41F2N3O6S. The van der Waals surface area contributed by atoms with Crippen molar-refractivity contribution in [1.29, 1.82) is 0 Å². The lowest BCUT2D eigenvalue weighted by molar-refractivity contribution is -0.138. The van der Waals surface area contributed by atoms with E-state index in [4.69, 9.17) is 9.47 Å². The van der Waals surface area contributed by atoms with Crippen LogP contribution in [0.5, 0.6) is 5.75 Å². The van der Waals surface area contributed by atoms with Crippen molar-refractivity contribution in [3.8, 4) is 5.75 Å². The number of aryl methyl sites for hydroxylation is 2. The van der Waals surface area contributed by atoms with Gasteiger partial charge in [0.15, 0.2) is 6.61 Å². The van der Waals surface area contributed by atoms with Crippen LogP contribution in [-0.2, 0) is 19.6 Å². The van der Waals surface area contributed by atoms with Crippen molar-refractivity contribution in [2.75, 3.05) is 37.6 Å². The largest absolute Gasteiger partial charge is 0.484 e. The summed E-state index contributed by atoms with van der Waals surface area (Å²) in [6.45, 7) is 12.4. The zero-order chi connectivity index (χ0) is 34.1. The Morgan fingerprint density at radius 1 is 0.913 bits per heavy atom. The molecule has 1 atom stereocenters. The topological polar surface area (TPSA) is 96.5 Å². The minimum Gasteiger partial charge on any atom is -0.484 e. The van der Waals surface area contributed by atoms with Crippen LogP contribution in [0.2, 0.25) is 0 Å². The minimum atomic E-state index is -3.87. The molecule has 1 unspecified atom stereocenters. The second kappa shape index (κ2) is 13.3. The number of anilines is 1. The maximum Gasteiger partial charge on any atom is 0.410 e. The summed E-state index contributed by atoms with van der Waals surface area (Å²) >= 11 is 0. The Balaban J connectivity index is 1.49. The van der Waals surface area contributed by atoms with Gasteiger partial charge in [0.1, 0.15) is 23.0 Å². The number of carbonyl (C=O) groups is 2. The summed E-state index contributed by atoms with van der Waals surface area (Å²) in [5.41, 5.74) is 3.02. The molecule has 1 saturated heterocycles. The van der Waals surface area contributed by atoms with Gasteiger partial charge < -0.3 is 19.3 Å². The Morgan fingerprint density at radius 2 is 1.48 bits per heavy atom. The van der Waals surface area contributed by atoms with Crippen LogP contribution in [0.4, 0.5) is 19.3 Å². The van der Waals surface area contributed by atoms with Gasteiger partial charge in [0.2, 0.25) is 0 Å². The molecule has 46 heavy (non-hydrogen) atoms. The van der Waals surface area contributed by atoms with Crippen LogP contribution >= 0.6 is 0 Å². The highest BCUT2D eigenvalue weighted by Gasteiger charge is 2.36. The van der Waals surface area contributed by atoms with Gasteiger partial charge in [0.05, 0.1) is 16.6 Å². The van der Waals surface area contributed by atoms with E-state index in [1.165, 1.54) is 21.2 Å². The van der Waals surface area contributed by atoms with E-state index in [1.54, 1.807) is 58.9 Å². The molecule has 9 nitrogen and oxygen atoms in total. The number of amides is 2. The number of piperazine rings is 1. The molecular weight excluding hydrogens is 616 g/mol. The third-order valence-corrected chi connectivity index (χ3v) is 10.2. The summed E-state index contributed by atoms with van der Waals surface area (Å²) in [7, 11) is -2.39. The Bertz CT molecular complexity index is 1690. The van der Waals surface area contributed by atoms with Gasteiger partial charge in [-0.2, -0.15) is 0 Å². The molecule has 2 amide bonds. The molecule has 3 aromatic carbocycles. The minimum absolute atomic E-state index is 0.0293. The second-order valence-electron chi connectivity index (χ2n) is 12.6. The first kappa shape index (κ1) is 34.7. The summed E-state index contributed by atoms with van der Waals surface area (Å²) in [6.07, 6.45) is -0.590. The number of carbonyl (C=O) groups excluding carboxylic acids is 2. The van der Waals surface area contributed by atoms with Crippen molar-refractivity contribution >= 4 is 27.7 Å². The summed E-state index contributed by atoms with van der Waals surface area (Å²) < 4.78 is 68.1. The molecule has 248 valence electrons. The fourth-order valence-corrected chi connectivity index (χ4v) is 7.22. The van der Waals surface area contributed by atoms with Gasteiger partial charge in [-0.25, -0.2) is 22.0 Å². The average molecular weight is 658 g/mol. The standard InChI is InChI=1S/C34H41F2N3O6S/c1-21-15-22(2)24(4)32(23(21)3)46(42,43)37(8)28-9-11-29(12-10-28)44-20-31(40)39-14-13-38(33(41)45-34(5,6)7)19-30(39)25-16-26(35)18-27(36)17-25/h9-12,15-18,30H,13-14,19-20H2,1-8H3. The predicted octanol–water partition coefficient (Wildman–Crippen LogP) is 6.22. The summed E-state index contributed by atoms with van der Waals surface area (Å²) in [5, 5.41) is 0. The Hall–Kier alpha value is -4.19. The van der Waals surface area contributed by atoms with Crippen molar-refractivity contribution in [3.63, 3.8) is 0 Å². The smallest absolute Gasteiger partial charge is 0.410 e. The van der Waals surface area contributed by atoms with Crippen LogP contribution in [0.15, 0.2) is 53.4 Å². The predicted molar refractivity (Wildman–Crippen MR) is 172 cm³/mol. The first-order chi connectivity index (χ1) is 21.4. The van der Waals surface area contributed by atoms with Gasteiger partial charge in [0, 0.05) is 32.7 Å². The lowest BCUT2D eigenvalue weighted by Crippen LogP contribution is -2.54. The summed E-state index contributed by atoms with van der Waals surface area (Å²) in [4.78, 5) is 29.3. The number of benzene rings is 3. The molecule has 1 fully saturated rings. The van der Waals surface area contributed by atoms with E-state index in [9.17, 15) is 26.8 Å². The molecule has 12 heteroatoms.